The zero-order chi connectivity index (χ0) is 14.2. The first kappa shape index (κ1) is 12.9. The summed E-state index contributed by atoms with van der Waals surface area (Å²) in [6, 6.07) is 19.7. The molecular formula is C17H18N2O. The minimum atomic E-state index is -0.311. The molecule has 102 valence electrons. The fourth-order valence-corrected chi connectivity index (χ4v) is 2.82. The lowest BCUT2D eigenvalue weighted by Crippen LogP contribution is -2.43. The van der Waals surface area contributed by atoms with Crippen LogP contribution in [0.3, 0.4) is 0 Å². The normalized spacial score (nSPS) is 21.2. The van der Waals surface area contributed by atoms with Crippen LogP contribution in [0.4, 0.5) is 5.69 Å². The Hall–Kier alpha value is -2.13. The summed E-state index contributed by atoms with van der Waals surface area (Å²) in [4.78, 5) is 12.8. The van der Waals surface area contributed by atoms with Crippen LogP contribution in [0.5, 0.6) is 0 Å². The zero-order valence-corrected chi connectivity index (χ0v) is 11.7. The second kappa shape index (κ2) is 4.76. The van der Waals surface area contributed by atoms with Gasteiger partial charge in [0.05, 0.1) is 11.6 Å². The van der Waals surface area contributed by atoms with E-state index in [1.54, 1.807) is 5.01 Å². The first-order valence-electron chi connectivity index (χ1n) is 6.81. The molecule has 1 aliphatic rings. The van der Waals surface area contributed by atoms with Gasteiger partial charge in [-0.1, -0.05) is 48.5 Å². The second-order valence-corrected chi connectivity index (χ2v) is 5.69. The number of anilines is 1. The summed E-state index contributed by atoms with van der Waals surface area (Å²) in [5.74, 6) is -0.0868. The van der Waals surface area contributed by atoms with Crippen molar-refractivity contribution < 1.29 is 4.79 Å². The Bertz CT molecular complexity index is 607. The van der Waals surface area contributed by atoms with Gasteiger partial charge in [-0.25, -0.2) is 10.4 Å². The SMILES string of the molecule is CC1(C)NN(c2ccccc2)C(=O)C1c1ccccc1. The molecule has 0 spiro atoms. The number of rotatable bonds is 2. The number of para-hydroxylation sites is 1. The Morgan fingerprint density at radius 2 is 1.50 bits per heavy atom. The van der Waals surface area contributed by atoms with E-state index in [0.29, 0.717) is 0 Å². The van der Waals surface area contributed by atoms with Crippen molar-refractivity contribution in [3.8, 4) is 0 Å². The van der Waals surface area contributed by atoms with Crippen molar-refractivity contribution in [3.05, 3.63) is 66.2 Å². The van der Waals surface area contributed by atoms with E-state index in [2.05, 4.69) is 19.3 Å². The number of nitrogens with one attached hydrogen (secondary N) is 1. The molecule has 0 radical (unpaired) electrons. The maximum atomic E-state index is 12.8. The van der Waals surface area contributed by atoms with Crippen molar-refractivity contribution in [2.75, 3.05) is 5.01 Å². The number of hydrazine groups is 1. The van der Waals surface area contributed by atoms with E-state index in [0.717, 1.165) is 11.3 Å². The molecule has 0 saturated carbocycles. The summed E-state index contributed by atoms with van der Waals surface area (Å²) in [6.07, 6.45) is 0. The quantitative estimate of drug-likeness (QED) is 0.906. The Labute approximate surface area is 119 Å². The minimum absolute atomic E-state index is 0.0902. The van der Waals surface area contributed by atoms with E-state index < -0.39 is 0 Å². The molecule has 20 heavy (non-hydrogen) atoms. The largest absolute Gasteiger partial charge is 0.272 e. The van der Waals surface area contributed by atoms with Crippen molar-refractivity contribution in [1.82, 2.24) is 5.43 Å². The monoisotopic (exact) mass is 266 g/mol. The lowest BCUT2D eigenvalue weighted by molar-refractivity contribution is -0.118. The molecular weight excluding hydrogens is 248 g/mol. The van der Waals surface area contributed by atoms with Gasteiger partial charge in [0.15, 0.2) is 0 Å². The smallest absolute Gasteiger partial charge is 0.250 e. The first-order valence-corrected chi connectivity index (χ1v) is 6.81. The van der Waals surface area contributed by atoms with E-state index in [1.165, 1.54) is 0 Å². The third-order valence-corrected chi connectivity index (χ3v) is 3.74. The molecule has 1 N–H and O–H groups in total. The van der Waals surface area contributed by atoms with Crippen molar-refractivity contribution >= 4 is 11.6 Å². The highest BCUT2D eigenvalue weighted by Gasteiger charge is 2.47. The Kier molecular flexibility index (Phi) is 3.07. The fourth-order valence-electron chi connectivity index (χ4n) is 2.82. The molecule has 3 nitrogen and oxygen atoms in total. The summed E-state index contributed by atoms with van der Waals surface area (Å²) in [5, 5.41) is 1.66. The van der Waals surface area contributed by atoms with Crippen molar-refractivity contribution in [2.24, 2.45) is 0 Å². The van der Waals surface area contributed by atoms with Crippen LogP contribution in [-0.4, -0.2) is 11.4 Å². The van der Waals surface area contributed by atoms with Crippen molar-refractivity contribution in [2.45, 2.75) is 25.3 Å². The minimum Gasteiger partial charge on any atom is -0.272 e. The number of carbonyl (C=O) groups excluding carboxylic acids is 1. The molecule has 1 aliphatic heterocycles. The van der Waals surface area contributed by atoms with Crippen LogP contribution < -0.4 is 10.4 Å². The molecule has 2 aromatic rings. The second-order valence-electron chi connectivity index (χ2n) is 5.69. The predicted molar refractivity (Wildman–Crippen MR) is 80.3 cm³/mol. The summed E-state index contributed by atoms with van der Waals surface area (Å²) in [5.41, 5.74) is 4.95. The molecule has 0 aromatic heterocycles. The first-order chi connectivity index (χ1) is 9.59. The number of benzene rings is 2. The topological polar surface area (TPSA) is 32.3 Å². The van der Waals surface area contributed by atoms with Crippen LogP contribution >= 0.6 is 0 Å². The van der Waals surface area contributed by atoms with Gasteiger partial charge in [-0.2, -0.15) is 0 Å². The van der Waals surface area contributed by atoms with E-state index in [9.17, 15) is 4.79 Å². The predicted octanol–water partition coefficient (Wildman–Crippen LogP) is 3.10. The molecule has 1 atom stereocenters. The maximum Gasteiger partial charge on any atom is 0.250 e. The van der Waals surface area contributed by atoms with Crippen LogP contribution in [0, 0.1) is 0 Å². The maximum absolute atomic E-state index is 12.8. The van der Waals surface area contributed by atoms with Gasteiger partial charge in [0.1, 0.15) is 0 Å². The highest BCUT2D eigenvalue weighted by Crippen LogP contribution is 2.36. The summed E-state index contributed by atoms with van der Waals surface area (Å²) >= 11 is 0. The zero-order valence-electron chi connectivity index (χ0n) is 11.7. The van der Waals surface area contributed by atoms with Gasteiger partial charge in [0.25, 0.3) is 5.91 Å². The Morgan fingerprint density at radius 3 is 2.10 bits per heavy atom. The molecule has 0 aliphatic carbocycles. The third-order valence-electron chi connectivity index (χ3n) is 3.74. The van der Waals surface area contributed by atoms with Gasteiger partial charge in [0.2, 0.25) is 0 Å². The summed E-state index contributed by atoms with van der Waals surface area (Å²) < 4.78 is 0. The molecule has 1 fully saturated rings. The molecule has 1 saturated heterocycles. The Morgan fingerprint density at radius 1 is 0.950 bits per heavy atom. The standard InChI is InChI=1S/C17H18N2O/c1-17(2)15(13-9-5-3-6-10-13)16(20)19(18-17)14-11-7-4-8-12-14/h3-12,15,18H,1-2H3. The number of hydrogen-bond acceptors (Lipinski definition) is 2. The highest BCUT2D eigenvalue weighted by molar-refractivity contribution is 6.00. The average Bonchev–Trinajstić information content (AvgIpc) is 2.71. The van der Waals surface area contributed by atoms with Crippen molar-refractivity contribution in [3.63, 3.8) is 0 Å². The average molecular weight is 266 g/mol. The van der Waals surface area contributed by atoms with Crippen LogP contribution in [0.1, 0.15) is 25.3 Å². The van der Waals surface area contributed by atoms with Crippen LogP contribution in [0.15, 0.2) is 60.7 Å². The molecule has 1 unspecified atom stereocenters. The molecule has 1 amide bonds. The number of nitrogens with zero attached hydrogens (tertiary/aromatic N) is 1. The highest BCUT2D eigenvalue weighted by atomic mass is 16.2. The number of hydrogen-bond donors (Lipinski definition) is 1. The summed E-state index contributed by atoms with van der Waals surface area (Å²) in [7, 11) is 0. The Balaban J connectivity index is 1.99. The van der Waals surface area contributed by atoms with Gasteiger partial charge in [-0.05, 0) is 31.5 Å². The van der Waals surface area contributed by atoms with Crippen molar-refractivity contribution in [1.29, 1.82) is 0 Å². The summed E-state index contributed by atoms with van der Waals surface area (Å²) in [6.45, 7) is 4.12. The molecule has 3 rings (SSSR count). The fraction of sp³-hybridized carbons (Fsp3) is 0.235. The molecule has 1 heterocycles. The van der Waals surface area contributed by atoms with E-state index in [4.69, 9.17) is 0 Å². The van der Waals surface area contributed by atoms with Gasteiger partial charge >= 0.3 is 0 Å². The van der Waals surface area contributed by atoms with Gasteiger partial charge < -0.3 is 0 Å². The lowest BCUT2D eigenvalue weighted by Gasteiger charge is -2.24. The third kappa shape index (κ3) is 2.10. The lowest BCUT2D eigenvalue weighted by atomic mass is 9.83. The van der Waals surface area contributed by atoms with E-state index in [-0.39, 0.29) is 17.4 Å². The van der Waals surface area contributed by atoms with E-state index >= 15 is 0 Å². The molecule has 3 heteroatoms. The number of amides is 1. The molecule has 0 bridgehead atoms. The number of carbonyl (C=O) groups is 1. The van der Waals surface area contributed by atoms with Crippen LogP contribution in [-0.2, 0) is 4.79 Å². The van der Waals surface area contributed by atoms with E-state index in [1.807, 2.05) is 60.7 Å². The van der Waals surface area contributed by atoms with Gasteiger partial charge in [-0.15, -0.1) is 0 Å². The van der Waals surface area contributed by atoms with Gasteiger partial charge in [0, 0.05) is 5.54 Å². The van der Waals surface area contributed by atoms with Crippen LogP contribution in [0.2, 0.25) is 0 Å². The van der Waals surface area contributed by atoms with Gasteiger partial charge in [-0.3, -0.25) is 4.79 Å². The molecule has 2 aromatic carbocycles. The van der Waals surface area contributed by atoms with Crippen LogP contribution in [0.25, 0.3) is 0 Å².